The monoisotopic (exact) mass is 218 g/mol. The topological polar surface area (TPSA) is 17.1 Å². The molecule has 88 valence electrons. The molecule has 0 aromatic heterocycles. The molecular weight excluding hydrogens is 196 g/mol. The first kappa shape index (κ1) is 10.6. The minimum atomic E-state index is -0.119. The van der Waals surface area contributed by atoms with Crippen LogP contribution in [-0.2, 0) is 4.79 Å². The molecule has 0 N–H and O–H groups in total. The maximum atomic E-state index is 12.1. The molecule has 0 heterocycles. The van der Waals surface area contributed by atoms with Crippen molar-refractivity contribution in [1.29, 1.82) is 0 Å². The van der Waals surface area contributed by atoms with Crippen LogP contribution in [0.25, 0.3) is 0 Å². The molecule has 3 saturated carbocycles. The molecule has 0 bridgehead atoms. The number of Topliss-reactive ketones (excluding diaryl/α,β-unsaturated/α-hetero) is 1. The van der Waals surface area contributed by atoms with Gasteiger partial charge in [-0.1, -0.05) is 32.9 Å². The molecule has 3 atom stereocenters. The van der Waals surface area contributed by atoms with E-state index >= 15 is 0 Å². The highest BCUT2D eigenvalue weighted by molar-refractivity contribution is 5.87. The first-order chi connectivity index (χ1) is 7.35. The number of fused-ring (bicyclic) bond motifs is 1. The number of hydrogen-bond acceptors (Lipinski definition) is 1. The van der Waals surface area contributed by atoms with Crippen molar-refractivity contribution in [3.63, 3.8) is 0 Å². The second-order valence-electron chi connectivity index (χ2n) is 6.95. The highest BCUT2D eigenvalue weighted by atomic mass is 16.1. The average Bonchev–Trinajstić information content (AvgIpc) is 2.84. The quantitative estimate of drug-likeness (QED) is 0.613. The van der Waals surface area contributed by atoms with Crippen molar-refractivity contribution >= 4 is 5.78 Å². The number of carbonyl (C=O) groups is 1. The molecule has 16 heavy (non-hydrogen) atoms. The molecule has 3 rings (SSSR count). The molecule has 1 heteroatoms. The minimum absolute atomic E-state index is 0.119. The van der Waals surface area contributed by atoms with E-state index in [0.717, 1.165) is 18.8 Å². The highest BCUT2D eigenvalue weighted by Crippen LogP contribution is 2.79. The lowest BCUT2D eigenvalue weighted by atomic mass is 9.59. The predicted octanol–water partition coefficient (Wildman–Crippen LogP) is 3.74. The van der Waals surface area contributed by atoms with Crippen LogP contribution in [0.2, 0.25) is 0 Å². The van der Waals surface area contributed by atoms with Crippen LogP contribution in [0.3, 0.4) is 0 Å². The lowest BCUT2D eigenvalue weighted by molar-refractivity contribution is -0.129. The Bertz CT molecular complexity index is 392. The summed E-state index contributed by atoms with van der Waals surface area (Å²) in [5, 5.41) is 0. The zero-order valence-electron chi connectivity index (χ0n) is 10.7. The smallest absolute Gasteiger partial charge is 0.139 e. The number of allylic oxidation sites excluding steroid dienone is 1. The van der Waals surface area contributed by atoms with Gasteiger partial charge in [-0.3, -0.25) is 4.79 Å². The van der Waals surface area contributed by atoms with E-state index in [-0.39, 0.29) is 10.8 Å². The van der Waals surface area contributed by atoms with E-state index in [2.05, 4.69) is 27.4 Å². The maximum Gasteiger partial charge on any atom is 0.139 e. The summed E-state index contributed by atoms with van der Waals surface area (Å²) < 4.78 is 0. The summed E-state index contributed by atoms with van der Waals surface area (Å²) in [5.41, 5.74) is 2.00. The van der Waals surface area contributed by atoms with Gasteiger partial charge in [-0.05, 0) is 42.4 Å². The molecule has 0 radical (unpaired) electrons. The van der Waals surface area contributed by atoms with E-state index in [1.165, 1.54) is 24.8 Å². The first-order valence-corrected chi connectivity index (χ1v) is 6.56. The van der Waals surface area contributed by atoms with Crippen molar-refractivity contribution in [1.82, 2.24) is 0 Å². The van der Waals surface area contributed by atoms with Crippen LogP contribution in [0.15, 0.2) is 12.2 Å². The van der Waals surface area contributed by atoms with E-state index in [4.69, 9.17) is 0 Å². The zero-order chi connectivity index (χ0) is 11.8. The Morgan fingerprint density at radius 2 is 1.88 bits per heavy atom. The van der Waals surface area contributed by atoms with E-state index in [0.29, 0.717) is 11.2 Å². The van der Waals surface area contributed by atoms with Gasteiger partial charge in [-0.15, -0.1) is 0 Å². The Labute approximate surface area is 98.3 Å². The van der Waals surface area contributed by atoms with Gasteiger partial charge in [0, 0.05) is 11.8 Å². The Hall–Kier alpha value is -0.590. The van der Waals surface area contributed by atoms with Crippen LogP contribution in [0.5, 0.6) is 0 Å². The lowest BCUT2D eigenvalue weighted by Gasteiger charge is -2.44. The van der Waals surface area contributed by atoms with Gasteiger partial charge >= 0.3 is 0 Å². The van der Waals surface area contributed by atoms with Gasteiger partial charge in [-0.25, -0.2) is 0 Å². The summed E-state index contributed by atoms with van der Waals surface area (Å²) in [7, 11) is 0. The van der Waals surface area contributed by atoms with Crippen molar-refractivity contribution in [2.75, 3.05) is 0 Å². The van der Waals surface area contributed by atoms with Crippen LogP contribution in [0.4, 0.5) is 0 Å². The van der Waals surface area contributed by atoms with Crippen molar-refractivity contribution < 1.29 is 4.79 Å². The van der Waals surface area contributed by atoms with Gasteiger partial charge in [-0.2, -0.15) is 0 Å². The van der Waals surface area contributed by atoms with Gasteiger partial charge in [0.1, 0.15) is 5.78 Å². The SMILES string of the molecule is C=C1CC[C@@]2([C@@]3(C)CCC(=O)C3(C)C)C[C@H]12. The fourth-order valence-electron chi connectivity index (χ4n) is 4.73. The summed E-state index contributed by atoms with van der Waals surface area (Å²) in [6.45, 7) is 10.9. The van der Waals surface area contributed by atoms with Crippen molar-refractivity contribution in [3.05, 3.63) is 12.2 Å². The Balaban J connectivity index is 2.02. The molecule has 3 aliphatic carbocycles. The van der Waals surface area contributed by atoms with E-state index < -0.39 is 0 Å². The van der Waals surface area contributed by atoms with Crippen LogP contribution in [0.1, 0.15) is 52.9 Å². The molecule has 0 aromatic rings. The summed E-state index contributed by atoms with van der Waals surface area (Å²) in [6.07, 6.45) is 5.68. The molecule has 0 aliphatic heterocycles. The van der Waals surface area contributed by atoms with Gasteiger partial charge in [0.05, 0.1) is 0 Å². The minimum Gasteiger partial charge on any atom is -0.299 e. The normalized spacial score (nSPS) is 49.6. The summed E-state index contributed by atoms with van der Waals surface area (Å²) >= 11 is 0. The van der Waals surface area contributed by atoms with Gasteiger partial charge < -0.3 is 0 Å². The highest BCUT2D eigenvalue weighted by Gasteiger charge is 2.73. The predicted molar refractivity (Wildman–Crippen MR) is 65.0 cm³/mol. The van der Waals surface area contributed by atoms with Gasteiger partial charge in [0.25, 0.3) is 0 Å². The van der Waals surface area contributed by atoms with Crippen molar-refractivity contribution in [3.8, 4) is 0 Å². The molecule has 0 aromatic carbocycles. The number of carbonyl (C=O) groups excluding carboxylic acids is 1. The summed E-state index contributed by atoms with van der Waals surface area (Å²) in [6, 6.07) is 0. The zero-order valence-corrected chi connectivity index (χ0v) is 10.7. The molecule has 0 amide bonds. The third kappa shape index (κ3) is 0.881. The fraction of sp³-hybridized carbons (Fsp3) is 0.800. The Morgan fingerprint density at radius 1 is 1.19 bits per heavy atom. The molecule has 3 aliphatic rings. The largest absolute Gasteiger partial charge is 0.299 e. The second kappa shape index (κ2) is 2.63. The van der Waals surface area contributed by atoms with Gasteiger partial charge in [0.2, 0.25) is 0 Å². The third-order valence-electron chi connectivity index (χ3n) is 6.49. The van der Waals surface area contributed by atoms with E-state index in [1.807, 2.05) is 0 Å². The van der Waals surface area contributed by atoms with Crippen LogP contribution in [-0.4, -0.2) is 5.78 Å². The summed E-state index contributed by atoms with van der Waals surface area (Å²) in [5.74, 6) is 1.22. The summed E-state index contributed by atoms with van der Waals surface area (Å²) in [4.78, 5) is 12.1. The fourth-order valence-corrected chi connectivity index (χ4v) is 4.73. The molecule has 0 spiro atoms. The molecule has 1 nitrogen and oxygen atoms in total. The number of rotatable bonds is 1. The lowest BCUT2D eigenvalue weighted by Crippen LogP contribution is -2.41. The number of ketones is 1. The molecule has 0 saturated heterocycles. The van der Waals surface area contributed by atoms with Crippen LogP contribution in [0, 0.1) is 22.2 Å². The van der Waals surface area contributed by atoms with Crippen molar-refractivity contribution in [2.45, 2.75) is 52.9 Å². The molecule has 0 unspecified atom stereocenters. The Morgan fingerprint density at radius 3 is 2.25 bits per heavy atom. The standard InChI is InChI=1S/C15H22O/c1-10-5-8-15(9-11(10)15)14(4)7-6-12(16)13(14,2)3/h11H,1,5-9H2,2-4H3/t11-,14+,15-/m1/s1. The molecular formula is C15H22O. The van der Waals surface area contributed by atoms with E-state index in [1.54, 1.807) is 0 Å². The van der Waals surface area contributed by atoms with E-state index in [9.17, 15) is 4.79 Å². The van der Waals surface area contributed by atoms with Gasteiger partial charge in [0.15, 0.2) is 0 Å². The first-order valence-electron chi connectivity index (χ1n) is 6.56. The Kier molecular flexibility index (Phi) is 1.73. The number of hydrogen-bond donors (Lipinski definition) is 0. The maximum absolute atomic E-state index is 12.1. The third-order valence-corrected chi connectivity index (χ3v) is 6.49. The van der Waals surface area contributed by atoms with Crippen LogP contribution >= 0.6 is 0 Å². The average molecular weight is 218 g/mol. The second-order valence-corrected chi connectivity index (χ2v) is 6.95. The molecule has 3 fully saturated rings. The van der Waals surface area contributed by atoms with Crippen LogP contribution < -0.4 is 0 Å². The van der Waals surface area contributed by atoms with Crippen molar-refractivity contribution in [2.24, 2.45) is 22.2 Å².